The van der Waals surface area contributed by atoms with Crippen molar-refractivity contribution in [2.45, 2.75) is 24.0 Å². The van der Waals surface area contributed by atoms with Crippen LogP contribution in [0.2, 0.25) is 0 Å². The van der Waals surface area contributed by atoms with E-state index in [0.717, 1.165) is 17.0 Å². The van der Waals surface area contributed by atoms with E-state index in [2.05, 4.69) is 9.71 Å². The molecule has 0 saturated carbocycles. The molecule has 3 N–H and O–H groups in total. The molecular weight excluding hydrogens is 334 g/mol. The molecule has 0 aliphatic carbocycles. The minimum atomic E-state index is -3.64. The van der Waals surface area contributed by atoms with Crippen molar-refractivity contribution >= 4 is 55.0 Å². The van der Waals surface area contributed by atoms with E-state index >= 15 is 0 Å². The molecule has 2 aromatic heterocycles. The van der Waals surface area contributed by atoms with Crippen LogP contribution in [0.15, 0.2) is 21.7 Å². The van der Waals surface area contributed by atoms with Crippen LogP contribution in [0, 0.1) is 0 Å². The first-order valence-electron chi connectivity index (χ1n) is 5.67. The summed E-state index contributed by atoms with van der Waals surface area (Å²) in [5.74, 6) is 0.257. The minimum Gasteiger partial charge on any atom is -0.389 e. The lowest BCUT2D eigenvalue weighted by Gasteiger charge is -2.02. The van der Waals surface area contributed by atoms with Gasteiger partial charge in [-0.1, -0.05) is 26.1 Å². The number of aromatic nitrogens is 1. The molecule has 20 heavy (non-hydrogen) atoms. The van der Waals surface area contributed by atoms with E-state index in [9.17, 15) is 8.42 Å². The van der Waals surface area contributed by atoms with Gasteiger partial charge in [-0.15, -0.1) is 22.7 Å². The summed E-state index contributed by atoms with van der Waals surface area (Å²) < 4.78 is 27.0. The van der Waals surface area contributed by atoms with Crippen LogP contribution in [0.1, 0.15) is 30.3 Å². The van der Waals surface area contributed by atoms with Gasteiger partial charge in [-0.2, -0.15) is 0 Å². The zero-order valence-electron chi connectivity index (χ0n) is 10.8. The maximum Gasteiger partial charge on any atom is 0.273 e. The topological polar surface area (TPSA) is 85.1 Å². The van der Waals surface area contributed by atoms with Gasteiger partial charge in [0, 0.05) is 5.38 Å². The highest BCUT2D eigenvalue weighted by Gasteiger charge is 2.19. The number of sulfonamides is 1. The number of nitrogens with one attached hydrogen (secondary N) is 1. The number of hydrogen-bond donors (Lipinski definition) is 2. The van der Waals surface area contributed by atoms with Gasteiger partial charge in [0.1, 0.15) is 9.20 Å². The Labute approximate surface area is 130 Å². The van der Waals surface area contributed by atoms with E-state index in [1.807, 2.05) is 19.2 Å². The second-order valence-corrected chi connectivity index (χ2v) is 8.61. The van der Waals surface area contributed by atoms with Crippen LogP contribution in [-0.2, 0) is 10.0 Å². The van der Waals surface area contributed by atoms with E-state index in [0.29, 0.717) is 10.0 Å². The highest BCUT2D eigenvalue weighted by atomic mass is 32.2. The molecule has 2 rings (SSSR count). The van der Waals surface area contributed by atoms with Gasteiger partial charge in [0.25, 0.3) is 10.0 Å². The third kappa shape index (κ3) is 3.35. The van der Waals surface area contributed by atoms with Crippen LogP contribution < -0.4 is 10.5 Å². The third-order valence-electron chi connectivity index (χ3n) is 2.42. The highest BCUT2D eigenvalue weighted by Crippen LogP contribution is 2.27. The average Bonchev–Trinajstić information content (AvgIpc) is 2.95. The Kier molecular flexibility index (Phi) is 4.43. The minimum absolute atomic E-state index is 0.168. The summed E-state index contributed by atoms with van der Waals surface area (Å²) in [7, 11) is -3.64. The second kappa shape index (κ2) is 5.76. The Morgan fingerprint density at radius 1 is 1.45 bits per heavy atom. The van der Waals surface area contributed by atoms with Crippen molar-refractivity contribution in [2.75, 3.05) is 4.72 Å². The van der Waals surface area contributed by atoms with Crippen LogP contribution in [-0.4, -0.2) is 18.4 Å². The summed E-state index contributed by atoms with van der Waals surface area (Å²) in [6.07, 6.45) is 0. The number of anilines is 1. The van der Waals surface area contributed by atoms with Crippen molar-refractivity contribution < 1.29 is 8.42 Å². The van der Waals surface area contributed by atoms with Crippen LogP contribution in [0.3, 0.4) is 0 Å². The number of thiophene rings is 1. The standard InChI is InChI=1S/C11H13N3O2S4/c1-6(2)7-5-18-11(13-7)14-20(15,16)9-4-3-8(19-9)10(12)17/h3-6H,1-2H3,(H2,12,17)(H,13,14). The summed E-state index contributed by atoms with van der Waals surface area (Å²) in [5.41, 5.74) is 6.34. The van der Waals surface area contributed by atoms with Crippen molar-refractivity contribution in [2.24, 2.45) is 5.73 Å². The number of thiocarbonyl (C=S) groups is 1. The molecule has 0 bridgehead atoms. The maximum atomic E-state index is 12.2. The van der Waals surface area contributed by atoms with Crippen LogP contribution in [0.25, 0.3) is 0 Å². The summed E-state index contributed by atoms with van der Waals surface area (Å²) in [6, 6.07) is 3.08. The lowest BCUT2D eigenvalue weighted by atomic mass is 10.2. The lowest BCUT2D eigenvalue weighted by molar-refractivity contribution is 0.603. The number of rotatable bonds is 5. The molecule has 0 fully saturated rings. The number of hydrogen-bond acceptors (Lipinski definition) is 6. The van der Waals surface area contributed by atoms with Gasteiger partial charge in [-0.05, 0) is 18.1 Å². The van der Waals surface area contributed by atoms with E-state index in [1.54, 1.807) is 6.07 Å². The Morgan fingerprint density at radius 2 is 2.15 bits per heavy atom. The van der Waals surface area contributed by atoms with Crippen molar-refractivity contribution in [3.05, 3.63) is 28.1 Å². The molecule has 0 unspecified atom stereocenters. The van der Waals surface area contributed by atoms with Gasteiger partial charge in [-0.3, -0.25) is 4.72 Å². The van der Waals surface area contributed by atoms with Gasteiger partial charge >= 0.3 is 0 Å². The van der Waals surface area contributed by atoms with Gasteiger partial charge in [0.15, 0.2) is 5.13 Å². The number of thiazole rings is 1. The van der Waals surface area contributed by atoms with E-state index in [4.69, 9.17) is 18.0 Å². The molecule has 0 aromatic carbocycles. The zero-order valence-corrected chi connectivity index (χ0v) is 14.0. The predicted octanol–water partition coefficient (Wildman–Crippen LogP) is 2.76. The summed E-state index contributed by atoms with van der Waals surface area (Å²) >= 11 is 7.13. The Hall–Kier alpha value is -1.03. The fraction of sp³-hybridized carbons (Fsp3) is 0.273. The monoisotopic (exact) mass is 347 g/mol. The number of nitrogens with zero attached hydrogens (tertiary/aromatic N) is 1. The molecule has 0 atom stereocenters. The highest BCUT2D eigenvalue weighted by molar-refractivity contribution is 7.95. The van der Waals surface area contributed by atoms with Gasteiger partial charge in [0.05, 0.1) is 10.6 Å². The first-order valence-corrected chi connectivity index (χ1v) is 9.26. The third-order valence-corrected chi connectivity index (χ3v) is 6.63. The quantitative estimate of drug-likeness (QED) is 0.812. The summed E-state index contributed by atoms with van der Waals surface area (Å²) in [6.45, 7) is 4.00. The molecule has 9 heteroatoms. The van der Waals surface area contributed by atoms with Crippen LogP contribution in [0.5, 0.6) is 0 Å². The summed E-state index contributed by atoms with van der Waals surface area (Å²) in [4.78, 5) is 5.00. The predicted molar refractivity (Wildman–Crippen MR) is 87.2 cm³/mol. The molecule has 0 aliphatic heterocycles. The van der Waals surface area contributed by atoms with E-state index in [-0.39, 0.29) is 15.1 Å². The molecular formula is C11H13N3O2S4. The fourth-order valence-electron chi connectivity index (χ4n) is 1.36. The second-order valence-electron chi connectivity index (χ2n) is 4.32. The van der Waals surface area contributed by atoms with Crippen molar-refractivity contribution in [1.29, 1.82) is 0 Å². The molecule has 0 aliphatic rings. The first kappa shape index (κ1) is 15.4. The Bertz CT molecular complexity index is 730. The van der Waals surface area contributed by atoms with E-state index in [1.165, 1.54) is 17.4 Å². The first-order chi connectivity index (χ1) is 9.29. The average molecular weight is 348 g/mol. The normalized spacial score (nSPS) is 11.8. The molecule has 108 valence electrons. The van der Waals surface area contributed by atoms with Crippen molar-refractivity contribution in [3.8, 4) is 0 Å². The van der Waals surface area contributed by atoms with E-state index < -0.39 is 10.0 Å². The SMILES string of the molecule is CC(C)c1csc(NS(=O)(=O)c2ccc(C(N)=S)s2)n1. The number of nitrogens with two attached hydrogens (primary N) is 1. The van der Waals surface area contributed by atoms with Crippen molar-refractivity contribution in [1.82, 2.24) is 4.98 Å². The molecule has 0 radical (unpaired) electrons. The maximum absolute atomic E-state index is 12.2. The molecule has 0 amide bonds. The zero-order chi connectivity index (χ0) is 14.9. The molecule has 0 saturated heterocycles. The van der Waals surface area contributed by atoms with Gasteiger partial charge < -0.3 is 5.73 Å². The Morgan fingerprint density at radius 3 is 2.65 bits per heavy atom. The summed E-state index contributed by atoms with van der Waals surface area (Å²) in [5, 5.41) is 2.20. The molecule has 2 heterocycles. The Balaban J connectivity index is 2.23. The van der Waals surface area contributed by atoms with Crippen molar-refractivity contribution in [3.63, 3.8) is 0 Å². The lowest BCUT2D eigenvalue weighted by Crippen LogP contribution is -2.11. The molecule has 5 nitrogen and oxygen atoms in total. The largest absolute Gasteiger partial charge is 0.389 e. The fourth-order valence-corrected chi connectivity index (χ4v) is 4.84. The molecule has 2 aromatic rings. The van der Waals surface area contributed by atoms with Gasteiger partial charge in [-0.25, -0.2) is 13.4 Å². The van der Waals surface area contributed by atoms with Crippen LogP contribution in [0.4, 0.5) is 5.13 Å². The molecule has 0 spiro atoms. The van der Waals surface area contributed by atoms with Gasteiger partial charge in [0.2, 0.25) is 0 Å². The smallest absolute Gasteiger partial charge is 0.273 e. The van der Waals surface area contributed by atoms with Crippen LogP contribution >= 0.6 is 34.9 Å².